The Labute approximate surface area is 213 Å². The summed E-state index contributed by atoms with van der Waals surface area (Å²) >= 11 is 5.61. The van der Waals surface area contributed by atoms with Crippen molar-refractivity contribution in [1.82, 2.24) is 19.5 Å². The summed E-state index contributed by atoms with van der Waals surface area (Å²) in [6.45, 7) is 3.98. The Hall–Kier alpha value is -4.25. The summed E-state index contributed by atoms with van der Waals surface area (Å²) in [4.78, 5) is 16.4. The molecule has 2 aromatic carbocycles. The second-order valence-electron chi connectivity index (χ2n) is 7.53. The summed E-state index contributed by atoms with van der Waals surface area (Å²) in [5.74, 6) is -1.01. The zero-order valence-electron chi connectivity index (χ0n) is 19.2. The predicted octanol–water partition coefficient (Wildman–Crippen LogP) is 5.91. The lowest BCUT2D eigenvalue weighted by Crippen LogP contribution is -2.24. The maximum absolute atomic E-state index is 14.6. The maximum atomic E-state index is 14.6. The maximum Gasteiger partial charge on any atom is 0.417 e. The monoisotopic (exact) mass is 531 g/mol. The lowest BCUT2D eigenvalue weighted by Gasteiger charge is -2.13. The van der Waals surface area contributed by atoms with Crippen LogP contribution in [0.25, 0.3) is 5.70 Å². The summed E-state index contributed by atoms with van der Waals surface area (Å²) in [5, 5.41) is -0.481. The fraction of sp³-hybridized carbons (Fsp3) is 0.120. The van der Waals surface area contributed by atoms with Gasteiger partial charge in [0.25, 0.3) is 0 Å². The van der Waals surface area contributed by atoms with Gasteiger partial charge in [-0.1, -0.05) is 24.2 Å². The number of aromatic nitrogens is 4. The Kier molecular flexibility index (Phi) is 7.53. The molecule has 0 spiro atoms. The molecule has 0 radical (unpaired) electrons. The van der Waals surface area contributed by atoms with Crippen LogP contribution in [0.1, 0.15) is 16.7 Å². The van der Waals surface area contributed by atoms with E-state index in [0.29, 0.717) is 28.5 Å². The molecule has 0 bridgehead atoms. The fourth-order valence-electron chi connectivity index (χ4n) is 3.22. The highest BCUT2D eigenvalue weighted by atomic mass is 35.5. The number of rotatable bonds is 7. The third-order valence-electron chi connectivity index (χ3n) is 5.03. The van der Waals surface area contributed by atoms with Crippen LogP contribution >= 0.6 is 11.6 Å². The quantitative estimate of drug-likeness (QED) is 0.277. The summed E-state index contributed by atoms with van der Waals surface area (Å²) in [5.41, 5.74) is 0.909. The number of nitrogens with zero attached hydrogens (tertiary/aromatic N) is 5. The topological polar surface area (TPSA) is 74.4 Å². The summed E-state index contributed by atoms with van der Waals surface area (Å²) in [6, 6.07) is 8.53. The molecule has 2 heterocycles. The first-order valence-corrected chi connectivity index (χ1v) is 11.0. The van der Waals surface area contributed by atoms with Crippen LogP contribution in [-0.4, -0.2) is 26.6 Å². The van der Waals surface area contributed by atoms with E-state index in [1.807, 2.05) is 0 Å². The minimum absolute atomic E-state index is 0.0377. The number of hydrogen-bond donors (Lipinski definition) is 0. The molecule has 4 rings (SSSR count). The summed E-state index contributed by atoms with van der Waals surface area (Å²) < 4.78 is 66.4. The first kappa shape index (κ1) is 25.8. The van der Waals surface area contributed by atoms with Crippen LogP contribution in [0.5, 0.6) is 17.4 Å². The number of hydrogen-bond acceptors (Lipinski definition) is 6. The standard InChI is InChI=1S/C25H18ClF4N5O2/c1-15(17-11-32-14-33-12-17)35-8-7-23(34-24(35)31-2)36-13-16-3-6-22(21(27)9-16)37-18-4-5-20(26)19(10-18)25(28,29)30/h3-12,14H,1,13H2,2H3. The number of halogens is 5. The van der Waals surface area contributed by atoms with Crippen molar-refractivity contribution < 1.29 is 27.0 Å². The molecule has 0 fully saturated rings. The van der Waals surface area contributed by atoms with Gasteiger partial charge >= 0.3 is 6.18 Å². The van der Waals surface area contributed by atoms with E-state index in [1.165, 1.54) is 24.5 Å². The van der Waals surface area contributed by atoms with Crippen LogP contribution in [0, 0.1) is 5.82 Å². The molecule has 37 heavy (non-hydrogen) atoms. The van der Waals surface area contributed by atoms with Crippen LogP contribution in [0.4, 0.5) is 17.6 Å². The van der Waals surface area contributed by atoms with E-state index in [9.17, 15) is 17.6 Å². The van der Waals surface area contributed by atoms with Gasteiger partial charge in [0.15, 0.2) is 11.6 Å². The Morgan fingerprint density at radius 3 is 2.54 bits per heavy atom. The van der Waals surface area contributed by atoms with Gasteiger partial charge in [-0.3, -0.25) is 9.56 Å². The lowest BCUT2D eigenvalue weighted by molar-refractivity contribution is -0.137. The van der Waals surface area contributed by atoms with Gasteiger partial charge in [-0.05, 0) is 35.9 Å². The van der Waals surface area contributed by atoms with Crippen LogP contribution in [0.2, 0.25) is 5.02 Å². The van der Waals surface area contributed by atoms with Crippen LogP contribution < -0.4 is 15.1 Å². The average Bonchev–Trinajstić information content (AvgIpc) is 2.89. The molecule has 190 valence electrons. The molecule has 0 amide bonds. The van der Waals surface area contributed by atoms with Crippen molar-refractivity contribution in [3.05, 3.63) is 107 Å². The van der Waals surface area contributed by atoms with Gasteiger partial charge in [-0.25, -0.2) is 14.4 Å². The van der Waals surface area contributed by atoms with Gasteiger partial charge in [-0.2, -0.15) is 18.2 Å². The van der Waals surface area contributed by atoms with Gasteiger partial charge in [0.1, 0.15) is 18.7 Å². The minimum Gasteiger partial charge on any atom is -0.473 e. The minimum atomic E-state index is -4.67. The first-order valence-electron chi connectivity index (χ1n) is 10.6. The number of alkyl halides is 3. The lowest BCUT2D eigenvalue weighted by atomic mass is 10.2. The van der Waals surface area contributed by atoms with E-state index in [4.69, 9.17) is 21.1 Å². The Bertz CT molecular complexity index is 1510. The number of ether oxygens (including phenoxy) is 2. The van der Waals surface area contributed by atoms with E-state index in [-0.39, 0.29) is 24.0 Å². The molecular weight excluding hydrogens is 514 g/mol. The average molecular weight is 532 g/mol. The molecular formula is C25H18ClF4N5O2. The van der Waals surface area contributed by atoms with Crippen molar-refractivity contribution in [3.8, 4) is 17.4 Å². The molecule has 0 saturated heterocycles. The van der Waals surface area contributed by atoms with Crippen molar-refractivity contribution in [3.63, 3.8) is 0 Å². The second kappa shape index (κ2) is 10.8. The Morgan fingerprint density at radius 2 is 1.86 bits per heavy atom. The largest absolute Gasteiger partial charge is 0.473 e. The van der Waals surface area contributed by atoms with Crippen molar-refractivity contribution in [2.75, 3.05) is 7.05 Å². The van der Waals surface area contributed by atoms with Crippen molar-refractivity contribution in [2.45, 2.75) is 12.8 Å². The zero-order valence-corrected chi connectivity index (χ0v) is 20.0. The molecule has 0 aliphatic carbocycles. The highest BCUT2D eigenvalue weighted by Crippen LogP contribution is 2.38. The molecule has 0 N–H and O–H groups in total. The molecule has 0 saturated carbocycles. The van der Waals surface area contributed by atoms with E-state index in [2.05, 4.69) is 26.5 Å². The summed E-state index contributed by atoms with van der Waals surface area (Å²) in [7, 11) is 1.56. The third kappa shape index (κ3) is 6.12. The molecule has 0 atom stereocenters. The van der Waals surface area contributed by atoms with E-state index in [1.54, 1.807) is 36.3 Å². The molecule has 0 aliphatic heterocycles. The van der Waals surface area contributed by atoms with Crippen LogP contribution in [0.3, 0.4) is 0 Å². The van der Waals surface area contributed by atoms with Crippen LogP contribution in [-0.2, 0) is 12.8 Å². The third-order valence-corrected chi connectivity index (χ3v) is 5.36. The Balaban J connectivity index is 1.46. The Morgan fingerprint density at radius 1 is 1.11 bits per heavy atom. The second-order valence-corrected chi connectivity index (χ2v) is 7.94. The van der Waals surface area contributed by atoms with Crippen LogP contribution in [0.15, 0.2) is 79.0 Å². The van der Waals surface area contributed by atoms with Crippen molar-refractivity contribution in [1.29, 1.82) is 0 Å². The van der Waals surface area contributed by atoms with Gasteiger partial charge in [0.05, 0.1) is 16.3 Å². The normalized spacial score (nSPS) is 11.9. The highest BCUT2D eigenvalue weighted by molar-refractivity contribution is 6.31. The predicted molar refractivity (Wildman–Crippen MR) is 127 cm³/mol. The molecule has 7 nitrogen and oxygen atoms in total. The van der Waals surface area contributed by atoms with E-state index in [0.717, 1.165) is 12.1 Å². The van der Waals surface area contributed by atoms with Crippen molar-refractivity contribution >= 4 is 17.3 Å². The summed E-state index contributed by atoms with van der Waals surface area (Å²) in [6.07, 6.45) is 1.62. The van der Waals surface area contributed by atoms with Gasteiger partial charge < -0.3 is 9.47 Å². The van der Waals surface area contributed by atoms with Gasteiger partial charge in [0.2, 0.25) is 11.5 Å². The van der Waals surface area contributed by atoms with Crippen molar-refractivity contribution in [2.24, 2.45) is 4.99 Å². The van der Waals surface area contributed by atoms with Gasteiger partial charge in [-0.15, -0.1) is 0 Å². The highest BCUT2D eigenvalue weighted by Gasteiger charge is 2.33. The van der Waals surface area contributed by atoms with Gasteiger partial charge in [0, 0.05) is 37.3 Å². The molecule has 2 aromatic heterocycles. The van der Waals surface area contributed by atoms with E-state index >= 15 is 0 Å². The molecule has 0 aliphatic rings. The SMILES string of the molecule is C=C(c1cncnc1)n1ccc(OCc2ccc(Oc3ccc(Cl)c(C(F)(F)F)c3)c(F)c2)nc1=NC. The first-order chi connectivity index (χ1) is 17.7. The molecule has 0 unspecified atom stereocenters. The fourth-order valence-corrected chi connectivity index (χ4v) is 3.44. The zero-order chi connectivity index (χ0) is 26.6. The molecule has 4 aromatic rings. The smallest absolute Gasteiger partial charge is 0.417 e. The number of benzene rings is 2. The van der Waals surface area contributed by atoms with E-state index < -0.39 is 22.6 Å². The molecule has 12 heteroatoms.